The van der Waals surface area contributed by atoms with Gasteiger partial charge in [-0.05, 0) is 43.5 Å². The van der Waals surface area contributed by atoms with Gasteiger partial charge >= 0.3 is 5.97 Å². The molecule has 0 atom stereocenters. The van der Waals surface area contributed by atoms with E-state index in [2.05, 4.69) is 0 Å². The molecule has 0 saturated heterocycles. The van der Waals surface area contributed by atoms with Gasteiger partial charge in [0.05, 0.1) is 0 Å². The fourth-order valence-electron chi connectivity index (χ4n) is 1.97. The van der Waals surface area contributed by atoms with Crippen LogP contribution >= 0.6 is 11.3 Å². The molecular formula is C15H16O3S. The van der Waals surface area contributed by atoms with E-state index in [9.17, 15) is 4.79 Å². The Morgan fingerprint density at radius 1 is 1.26 bits per heavy atom. The highest BCUT2D eigenvalue weighted by molar-refractivity contribution is 7.14. The minimum absolute atomic E-state index is 0.267. The highest BCUT2D eigenvalue weighted by atomic mass is 32.1. The summed E-state index contributed by atoms with van der Waals surface area (Å²) in [5.74, 6) is -0.479. The molecule has 0 spiro atoms. The molecule has 1 N–H and O–H groups in total. The molecule has 0 amide bonds. The Hall–Kier alpha value is -1.81. The van der Waals surface area contributed by atoms with Crippen LogP contribution in [0, 0.1) is 20.8 Å². The smallest absolute Gasteiger partial charge is 0.349 e. The summed E-state index contributed by atoms with van der Waals surface area (Å²) in [6, 6.07) is 7.85. The summed E-state index contributed by atoms with van der Waals surface area (Å²) in [5.41, 5.74) is 3.43. The van der Waals surface area contributed by atoms with Crippen molar-refractivity contribution in [1.29, 1.82) is 0 Å². The van der Waals surface area contributed by atoms with E-state index in [-0.39, 0.29) is 4.88 Å². The number of hydrogen-bond donors (Lipinski definition) is 1. The van der Waals surface area contributed by atoms with Crippen molar-refractivity contribution in [2.75, 3.05) is 0 Å². The minimum Gasteiger partial charge on any atom is -0.487 e. The number of thiophene rings is 1. The molecule has 1 aromatic carbocycles. The lowest BCUT2D eigenvalue weighted by atomic mass is 10.0. The summed E-state index contributed by atoms with van der Waals surface area (Å²) in [5, 5.41) is 9.12. The Morgan fingerprint density at radius 3 is 2.47 bits per heavy atom. The summed E-state index contributed by atoms with van der Waals surface area (Å²) in [7, 11) is 0. The van der Waals surface area contributed by atoms with E-state index in [0.29, 0.717) is 12.4 Å². The number of ether oxygens (including phenoxy) is 1. The van der Waals surface area contributed by atoms with Gasteiger partial charge in [0.2, 0.25) is 0 Å². The first kappa shape index (κ1) is 13.6. The first-order chi connectivity index (χ1) is 8.99. The van der Waals surface area contributed by atoms with Crippen LogP contribution in [-0.4, -0.2) is 11.1 Å². The average Bonchev–Trinajstić information content (AvgIpc) is 2.70. The number of carboxylic acid groups (broad SMARTS) is 1. The van der Waals surface area contributed by atoms with Gasteiger partial charge in [0.1, 0.15) is 12.4 Å². The van der Waals surface area contributed by atoms with E-state index < -0.39 is 5.97 Å². The maximum absolute atomic E-state index is 11.1. The number of aromatic carboxylic acids is 1. The van der Waals surface area contributed by atoms with Crippen molar-refractivity contribution in [3.63, 3.8) is 0 Å². The van der Waals surface area contributed by atoms with Crippen LogP contribution in [0.2, 0.25) is 0 Å². The minimum atomic E-state index is -0.936. The molecule has 1 aromatic heterocycles. The summed E-state index contributed by atoms with van der Waals surface area (Å²) < 4.78 is 5.70. The Morgan fingerprint density at radius 2 is 1.89 bits per heavy atom. The highest BCUT2D eigenvalue weighted by Crippen LogP contribution is 2.30. The number of aryl methyl sites for hydroxylation is 3. The number of hydrogen-bond acceptors (Lipinski definition) is 3. The molecule has 2 rings (SSSR count). The topological polar surface area (TPSA) is 46.5 Å². The van der Waals surface area contributed by atoms with E-state index >= 15 is 0 Å². The molecule has 1 heterocycles. The van der Waals surface area contributed by atoms with Gasteiger partial charge in [0, 0.05) is 4.88 Å². The molecule has 0 bridgehead atoms. The van der Waals surface area contributed by atoms with E-state index in [4.69, 9.17) is 9.84 Å². The zero-order valence-electron chi connectivity index (χ0n) is 11.2. The summed E-state index contributed by atoms with van der Waals surface area (Å²) in [4.78, 5) is 12.3. The van der Waals surface area contributed by atoms with Crippen molar-refractivity contribution in [3.05, 3.63) is 50.7 Å². The third-order valence-corrected chi connectivity index (χ3v) is 4.05. The van der Waals surface area contributed by atoms with Crippen LogP contribution in [0.15, 0.2) is 24.3 Å². The Labute approximate surface area is 116 Å². The standard InChI is InChI=1S/C15H16O3S/c1-9-5-4-6-10(2)12(9)8-18-13-7-11(3)19-14(13)15(16)17/h4-7H,8H2,1-3H3,(H,16,17). The zero-order valence-corrected chi connectivity index (χ0v) is 12.0. The van der Waals surface area contributed by atoms with Crippen molar-refractivity contribution in [3.8, 4) is 5.75 Å². The second kappa shape index (κ2) is 5.45. The molecule has 2 aromatic rings. The highest BCUT2D eigenvalue weighted by Gasteiger charge is 2.15. The largest absolute Gasteiger partial charge is 0.487 e. The third-order valence-electron chi connectivity index (χ3n) is 3.03. The van der Waals surface area contributed by atoms with Gasteiger partial charge in [0.15, 0.2) is 4.88 Å². The SMILES string of the molecule is Cc1cc(OCc2c(C)cccc2C)c(C(=O)O)s1. The molecule has 4 heteroatoms. The average molecular weight is 276 g/mol. The van der Waals surface area contributed by atoms with Crippen LogP contribution in [0.3, 0.4) is 0 Å². The van der Waals surface area contributed by atoms with Gasteiger partial charge in [-0.15, -0.1) is 11.3 Å². The second-order valence-electron chi connectivity index (χ2n) is 4.51. The van der Waals surface area contributed by atoms with Crippen molar-refractivity contribution >= 4 is 17.3 Å². The van der Waals surface area contributed by atoms with E-state index in [1.54, 1.807) is 6.07 Å². The fourth-order valence-corrected chi connectivity index (χ4v) is 2.77. The second-order valence-corrected chi connectivity index (χ2v) is 5.77. The van der Waals surface area contributed by atoms with Crippen LogP contribution in [0.4, 0.5) is 0 Å². The lowest BCUT2D eigenvalue weighted by Crippen LogP contribution is -2.03. The number of carbonyl (C=O) groups is 1. The number of carboxylic acids is 1. The van der Waals surface area contributed by atoms with Crippen LogP contribution < -0.4 is 4.74 Å². The lowest BCUT2D eigenvalue weighted by Gasteiger charge is -2.11. The third kappa shape index (κ3) is 2.96. The summed E-state index contributed by atoms with van der Waals surface area (Å²) in [6.45, 7) is 6.34. The molecular weight excluding hydrogens is 260 g/mol. The Balaban J connectivity index is 2.21. The predicted octanol–water partition coefficient (Wildman–Crippen LogP) is 3.95. The van der Waals surface area contributed by atoms with Crippen molar-refractivity contribution < 1.29 is 14.6 Å². The molecule has 0 aliphatic heterocycles. The van der Waals surface area contributed by atoms with Crippen LogP contribution in [0.5, 0.6) is 5.75 Å². The van der Waals surface area contributed by atoms with E-state index in [1.165, 1.54) is 11.3 Å². The fraction of sp³-hybridized carbons (Fsp3) is 0.267. The number of benzene rings is 1. The molecule has 3 nitrogen and oxygen atoms in total. The summed E-state index contributed by atoms with van der Waals surface area (Å²) in [6.07, 6.45) is 0. The Bertz CT molecular complexity index is 594. The van der Waals surface area contributed by atoms with Gasteiger partial charge < -0.3 is 9.84 Å². The van der Waals surface area contributed by atoms with Crippen LogP contribution in [-0.2, 0) is 6.61 Å². The van der Waals surface area contributed by atoms with Gasteiger partial charge in [-0.1, -0.05) is 18.2 Å². The maximum atomic E-state index is 11.1. The Kier molecular flexibility index (Phi) is 3.90. The molecule has 0 radical (unpaired) electrons. The van der Waals surface area contributed by atoms with Gasteiger partial charge in [-0.3, -0.25) is 0 Å². The van der Waals surface area contributed by atoms with Gasteiger partial charge in [-0.2, -0.15) is 0 Å². The summed E-state index contributed by atoms with van der Waals surface area (Å²) >= 11 is 1.24. The van der Waals surface area contributed by atoms with E-state index in [0.717, 1.165) is 21.6 Å². The monoisotopic (exact) mass is 276 g/mol. The molecule has 0 unspecified atom stereocenters. The van der Waals surface area contributed by atoms with Crippen molar-refractivity contribution in [2.45, 2.75) is 27.4 Å². The normalized spacial score (nSPS) is 10.5. The van der Waals surface area contributed by atoms with Crippen molar-refractivity contribution in [2.24, 2.45) is 0 Å². The molecule has 0 aliphatic carbocycles. The van der Waals surface area contributed by atoms with E-state index in [1.807, 2.05) is 39.0 Å². The number of rotatable bonds is 4. The first-order valence-corrected chi connectivity index (χ1v) is 6.82. The molecule has 19 heavy (non-hydrogen) atoms. The van der Waals surface area contributed by atoms with Crippen LogP contribution in [0.1, 0.15) is 31.2 Å². The molecule has 0 fully saturated rings. The van der Waals surface area contributed by atoms with Gasteiger partial charge in [0.25, 0.3) is 0 Å². The van der Waals surface area contributed by atoms with Gasteiger partial charge in [-0.25, -0.2) is 4.79 Å². The molecule has 0 saturated carbocycles. The first-order valence-electron chi connectivity index (χ1n) is 6.00. The lowest BCUT2D eigenvalue weighted by molar-refractivity contribution is 0.0697. The zero-order chi connectivity index (χ0) is 14.0. The maximum Gasteiger partial charge on any atom is 0.349 e. The van der Waals surface area contributed by atoms with Crippen LogP contribution in [0.25, 0.3) is 0 Å². The molecule has 100 valence electrons. The predicted molar refractivity (Wildman–Crippen MR) is 76.3 cm³/mol. The quantitative estimate of drug-likeness (QED) is 0.919. The molecule has 0 aliphatic rings. The van der Waals surface area contributed by atoms with Crippen molar-refractivity contribution in [1.82, 2.24) is 0 Å².